The van der Waals surface area contributed by atoms with Gasteiger partial charge in [-0.15, -0.1) is 22.7 Å². The van der Waals surface area contributed by atoms with Crippen LogP contribution in [0.4, 0.5) is 5.69 Å². The van der Waals surface area contributed by atoms with Crippen LogP contribution >= 0.6 is 22.7 Å². The molecule has 240 valence electrons. The van der Waals surface area contributed by atoms with Crippen LogP contribution in [0.3, 0.4) is 0 Å². The fourth-order valence-corrected chi connectivity index (χ4v) is 8.25. The second kappa shape index (κ2) is 13.5. The van der Waals surface area contributed by atoms with Crippen molar-refractivity contribution in [2.24, 2.45) is 0 Å². The lowest BCUT2D eigenvalue weighted by Gasteiger charge is -2.09. The highest BCUT2D eigenvalue weighted by Crippen LogP contribution is 2.40. The number of rotatable bonds is 5. The fourth-order valence-electron chi connectivity index (χ4n) is 6.04. The number of thiophene rings is 2. The molecule has 0 bridgehead atoms. The Morgan fingerprint density at radius 1 is 0.540 bits per heavy atom. The summed E-state index contributed by atoms with van der Waals surface area (Å²) in [5.74, 6) is 2.06. The second-order valence-electron chi connectivity index (χ2n) is 11.9. The molecule has 0 saturated carbocycles. The average molecular weight is 682 g/mol. The summed E-state index contributed by atoms with van der Waals surface area (Å²) in [6.45, 7) is 2.13. The lowest BCUT2D eigenvalue weighted by Crippen LogP contribution is -2.01. The van der Waals surface area contributed by atoms with E-state index < -0.39 is 0 Å². The first-order valence-corrected chi connectivity index (χ1v) is 17.9. The van der Waals surface area contributed by atoms with Crippen LogP contribution in [0.25, 0.3) is 64.4 Å². The van der Waals surface area contributed by atoms with E-state index in [-0.39, 0.29) is 0 Å². The van der Waals surface area contributed by atoms with Crippen molar-refractivity contribution < 1.29 is 0 Å². The molecule has 0 aliphatic heterocycles. The van der Waals surface area contributed by atoms with Crippen molar-refractivity contribution in [2.45, 2.75) is 6.92 Å². The molecular formula is C43H31N5S2. The third-order valence-electron chi connectivity index (χ3n) is 8.51. The molecule has 6 aromatic carbocycles. The van der Waals surface area contributed by atoms with Gasteiger partial charge in [-0.05, 0) is 31.2 Å². The highest BCUT2D eigenvalue weighted by molar-refractivity contribution is 7.26. The third-order valence-corrected chi connectivity index (χ3v) is 10.9. The van der Waals surface area contributed by atoms with Crippen molar-refractivity contribution in [3.63, 3.8) is 0 Å². The monoisotopic (exact) mass is 681 g/mol. The second-order valence-corrected chi connectivity index (χ2v) is 14.0. The van der Waals surface area contributed by atoms with E-state index in [1.807, 2.05) is 127 Å². The number of hydrogen-bond donors (Lipinski definition) is 2. The molecule has 3 aromatic heterocycles. The molecule has 9 aromatic rings. The topological polar surface area (TPSA) is 88.5 Å². The molecule has 7 heteroatoms. The van der Waals surface area contributed by atoms with Gasteiger partial charge in [-0.3, -0.25) is 5.41 Å². The zero-order valence-electron chi connectivity index (χ0n) is 27.2. The van der Waals surface area contributed by atoms with E-state index in [2.05, 4.69) is 43.3 Å². The Morgan fingerprint density at radius 2 is 1.10 bits per heavy atom. The maximum atomic E-state index is 8.27. The van der Waals surface area contributed by atoms with Crippen molar-refractivity contribution in [3.05, 3.63) is 168 Å². The number of nitrogens with one attached hydrogen (secondary N) is 1. The Labute approximate surface area is 297 Å². The summed E-state index contributed by atoms with van der Waals surface area (Å²) in [6, 6.07) is 50.9. The molecular weight excluding hydrogens is 651 g/mol. The Hall–Kier alpha value is -6.02. The number of aryl methyl sites for hydroxylation is 1. The molecule has 0 fully saturated rings. The van der Waals surface area contributed by atoms with E-state index in [0.717, 1.165) is 37.2 Å². The number of fused-ring (bicyclic) bond motifs is 4. The predicted molar refractivity (Wildman–Crippen MR) is 212 cm³/mol. The summed E-state index contributed by atoms with van der Waals surface area (Å²) >= 11 is 3.39. The zero-order valence-corrected chi connectivity index (χ0v) is 28.8. The van der Waals surface area contributed by atoms with Gasteiger partial charge in [0.15, 0.2) is 17.5 Å². The van der Waals surface area contributed by atoms with Gasteiger partial charge in [0, 0.05) is 52.5 Å². The summed E-state index contributed by atoms with van der Waals surface area (Å²) in [5, 5.41) is 11.8. The van der Waals surface area contributed by atoms with Crippen LogP contribution in [0.2, 0.25) is 0 Å². The van der Waals surface area contributed by atoms with Crippen molar-refractivity contribution >= 4 is 64.3 Å². The first-order valence-electron chi connectivity index (χ1n) is 16.2. The van der Waals surface area contributed by atoms with Crippen molar-refractivity contribution in [3.8, 4) is 34.2 Å². The first kappa shape index (κ1) is 31.3. The van der Waals surface area contributed by atoms with Crippen LogP contribution in [-0.4, -0.2) is 20.7 Å². The molecule has 3 heterocycles. The summed E-state index contributed by atoms with van der Waals surface area (Å²) in [7, 11) is 0. The van der Waals surface area contributed by atoms with Crippen LogP contribution in [0, 0.1) is 12.3 Å². The molecule has 9 rings (SSSR count). The van der Waals surface area contributed by atoms with Crippen molar-refractivity contribution in [1.82, 2.24) is 15.0 Å². The van der Waals surface area contributed by atoms with Gasteiger partial charge in [-0.1, -0.05) is 133 Å². The SMILES string of the molecule is Cc1ccc2sc3cccc(-c4nc(-c5ccccc5)nc(-c5ccccc5)n4)c3c2c1.N=C(c1ccccc1)c1sc2ccccc2c1N. The molecule has 0 aliphatic rings. The van der Waals surface area contributed by atoms with Crippen molar-refractivity contribution in [2.75, 3.05) is 5.73 Å². The van der Waals surface area contributed by atoms with E-state index in [4.69, 9.17) is 26.1 Å². The van der Waals surface area contributed by atoms with E-state index in [1.165, 1.54) is 25.7 Å². The van der Waals surface area contributed by atoms with Gasteiger partial charge in [0.25, 0.3) is 0 Å². The lowest BCUT2D eigenvalue weighted by atomic mass is 10.0. The summed E-state index contributed by atoms with van der Waals surface area (Å²) < 4.78 is 3.65. The number of nitrogens with zero attached hydrogens (tertiary/aromatic N) is 3. The number of hydrogen-bond acceptors (Lipinski definition) is 7. The zero-order chi connectivity index (χ0) is 34.0. The van der Waals surface area contributed by atoms with Gasteiger partial charge in [-0.2, -0.15) is 0 Å². The van der Waals surface area contributed by atoms with Gasteiger partial charge < -0.3 is 5.73 Å². The summed E-state index contributed by atoms with van der Waals surface area (Å²) in [6.07, 6.45) is 0. The minimum absolute atomic E-state index is 0.495. The van der Waals surface area contributed by atoms with Gasteiger partial charge in [-0.25, -0.2) is 15.0 Å². The van der Waals surface area contributed by atoms with Crippen LogP contribution in [0.5, 0.6) is 0 Å². The molecule has 5 nitrogen and oxygen atoms in total. The quantitative estimate of drug-likeness (QED) is 0.177. The molecule has 0 saturated heterocycles. The molecule has 0 aliphatic carbocycles. The van der Waals surface area contributed by atoms with Crippen LogP contribution in [0.15, 0.2) is 152 Å². The number of nitrogens with two attached hydrogens (primary N) is 1. The van der Waals surface area contributed by atoms with E-state index in [1.54, 1.807) is 11.3 Å². The minimum atomic E-state index is 0.495. The van der Waals surface area contributed by atoms with Gasteiger partial charge in [0.05, 0.1) is 16.3 Å². The normalized spacial score (nSPS) is 11.1. The van der Waals surface area contributed by atoms with E-state index >= 15 is 0 Å². The van der Waals surface area contributed by atoms with E-state index in [0.29, 0.717) is 28.9 Å². The molecule has 0 atom stereocenters. The molecule has 0 spiro atoms. The van der Waals surface area contributed by atoms with Crippen LogP contribution in [0.1, 0.15) is 16.0 Å². The van der Waals surface area contributed by atoms with Gasteiger partial charge in [0.1, 0.15) is 0 Å². The Bertz CT molecular complexity index is 2570. The lowest BCUT2D eigenvalue weighted by molar-refractivity contribution is 1.08. The van der Waals surface area contributed by atoms with Gasteiger partial charge in [0.2, 0.25) is 0 Å². The summed E-state index contributed by atoms with van der Waals surface area (Å²) in [4.78, 5) is 15.6. The minimum Gasteiger partial charge on any atom is -0.397 e. The smallest absolute Gasteiger partial charge is 0.164 e. The molecule has 50 heavy (non-hydrogen) atoms. The third kappa shape index (κ3) is 6.05. The fraction of sp³-hybridized carbons (Fsp3) is 0.0233. The molecule has 0 amide bonds. The largest absolute Gasteiger partial charge is 0.397 e. The highest BCUT2D eigenvalue weighted by Gasteiger charge is 2.17. The first-order chi connectivity index (χ1) is 24.5. The number of benzene rings is 6. The van der Waals surface area contributed by atoms with E-state index in [9.17, 15) is 0 Å². The van der Waals surface area contributed by atoms with Gasteiger partial charge >= 0.3 is 0 Å². The molecule has 3 N–H and O–H groups in total. The van der Waals surface area contributed by atoms with Crippen molar-refractivity contribution in [1.29, 1.82) is 5.41 Å². The molecule has 0 radical (unpaired) electrons. The maximum absolute atomic E-state index is 8.27. The Kier molecular flexibility index (Phi) is 8.42. The summed E-state index contributed by atoms with van der Waals surface area (Å²) in [5.41, 5.74) is 12.5. The van der Waals surface area contributed by atoms with Crippen LogP contribution < -0.4 is 5.73 Å². The standard InChI is InChI=1S/C28H19N3S.C15H12N2S/c1-18-15-16-23-22(17-18)25-21(13-8-14-24(25)32-23)28-30-26(19-9-4-2-5-10-19)29-27(31-28)20-11-6-3-7-12-20;16-13(10-6-2-1-3-7-10)15-14(17)11-8-4-5-9-12(11)18-15/h2-17H,1H3;1-9,16H,17H2. The predicted octanol–water partition coefficient (Wildman–Crippen LogP) is 11.4. The highest BCUT2D eigenvalue weighted by atomic mass is 32.1. The maximum Gasteiger partial charge on any atom is 0.164 e. The number of anilines is 1. The Morgan fingerprint density at radius 3 is 1.76 bits per heavy atom. The molecule has 0 unspecified atom stereocenters. The average Bonchev–Trinajstić information content (AvgIpc) is 3.72. The van der Waals surface area contributed by atoms with Crippen LogP contribution in [-0.2, 0) is 0 Å². The number of nitrogen functional groups attached to an aromatic ring is 1. The Balaban J connectivity index is 0.000000170. The number of aromatic nitrogens is 3.